The summed E-state index contributed by atoms with van der Waals surface area (Å²) in [6.07, 6.45) is 1.92. The first kappa shape index (κ1) is 15.4. The Morgan fingerprint density at radius 2 is 1.88 bits per heavy atom. The highest BCUT2D eigenvalue weighted by Gasteiger charge is 2.22. The average molecular weight is 349 g/mol. The third kappa shape index (κ3) is 2.37. The van der Waals surface area contributed by atoms with Crippen molar-refractivity contribution in [3.63, 3.8) is 0 Å². The van der Waals surface area contributed by atoms with Gasteiger partial charge in [-0.1, -0.05) is 12.1 Å². The van der Waals surface area contributed by atoms with E-state index in [4.69, 9.17) is 14.1 Å². The summed E-state index contributed by atoms with van der Waals surface area (Å²) < 4.78 is 13.5. The number of hydrogen-bond acceptors (Lipinski definition) is 5. The van der Waals surface area contributed by atoms with Crippen LogP contribution in [0.2, 0.25) is 0 Å². The molecule has 0 radical (unpaired) electrons. The van der Waals surface area contributed by atoms with Gasteiger partial charge in [-0.05, 0) is 38.0 Å². The fourth-order valence-electron chi connectivity index (χ4n) is 3.81. The molecule has 0 aliphatic carbocycles. The lowest BCUT2D eigenvalue weighted by Crippen LogP contribution is -2.20. The number of aryl methyl sites for hydroxylation is 1. The van der Waals surface area contributed by atoms with E-state index < -0.39 is 0 Å². The molecular formula is C20H19N3O3. The van der Waals surface area contributed by atoms with E-state index in [-0.39, 0.29) is 5.75 Å². The Balaban J connectivity index is 1.65. The predicted molar refractivity (Wildman–Crippen MR) is 98.2 cm³/mol. The van der Waals surface area contributed by atoms with Crippen LogP contribution in [0.5, 0.6) is 5.75 Å². The van der Waals surface area contributed by atoms with E-state index in [0.717, 1.165) is 48.4 Å². The van der Waals surface area contributed by atoms with Crippen molar-refractivity contribution in [1.82, 2.24) is 14.5 Å². The first-order valence-electron chi connectivity index (χ1n) is 8.86. The van der Waals surface area contributed by atoms with Gasteiger partial charge in [0.25, 0.3) is 0 Å². The maximum atomic E-state index is 10.7. The number of aromatic hydroxyl groups is 1. The van der Waals surface area contributed by atoms with Crippen LogP contribution in [0, 0.1) is 6.92 Å². The molecule has 6 heteroatoms. The highest BCUT2D eigenvalue weighted by molar-refractivity contribution is 5.86. The summed E-state index contributed by atoms with van der Waals surface area (Å²) in [7, 11) is 0. The van der Waals surface area contributed by atoms with E-state index in [9.17, 15) is 5.11 Å². The Morgan fingerprint density at radius 1 is 1.08 bits per heavy atom. The summed E-state index contributed by atoms with van der Waals surface area (Å²) in [4.78, 5) is 9.20. The zero-order valence-corrected chi connectivity index (χ0v) is 14.5. The van der Waals surface area contributed by atoms with Gasteiger partial charge in [0, 0.05) is 25.3 Å². The standard InChI is InChI=1S/C20H19N3O3/c1-12-21-16-10-14(20-22-15-4-2-3-5-19(15)26-20)18(24)11-17(16)23(12)13-6-8-25-9-7-13/h2-5,10-11,13,24H,6-9H2,1H3. The fraction of sp³-hybridized carbons (Fsp3) is 0.300. The van der Waals surface area contributed by atoms with Crippen molar-refractivity contribution in [2.24, 2.45) is 0 Å². The van der Waals surface area contributed by atoms with Gasteiger partial charge in [0.2, 0.25) is 5.89 Å². The van der Waals surface area contributed by atoms with Crippen LogP contribution in [0.25, 0.3) is 33.6 Å². The number of phenolic OH excluding ortho intramolecular Hbond substituents is 1. The van der Waals surface area contributed by atoms with Gasteiger partial charge in [-0.2, -0.15) is 0 Å². The molecule has 1 fully saturated rings. The molecule has 1 saturated heterocycles. The van der Waals surface area contributed by atoms with Gasteiger partial charge < -0.3 is 18.8 Å². The van der Waals surface area contributed by atoms with Crippen LogP contribution in [-0.2, 0) is 4.74 Å². The van der Waals surface area contributed by atoms with Crippen LogP contribution in [0.15, 0.2) is 40.8 Å². The van der Waals surface area contributed by atoms with Gasteiger partial charge in [-0.15, -0.1) is 0 Å². The van der Waals surface area contributed by atoms with Gasteiger partial charge in [0.1, 0.15) is 17.1 Å². The summed E-state index contributed by atoms with van der Waals surface area (Å²) >= 11 is 0. The topological polar surface area (TPSA) is 73.3 Å². The summed E-state index contributed by atoms with van der Waals surface area (Å²) in [5, 5.41) is 10.7. The lowest BCUT2D eigenvalue weighted by molar-refractivity contribution is 0.0701. The molecular weight excluding hydrogens is 330 g/mol. The van der Waals surface area contributed by atoms with Crippen LogP contribution >= 0.6 is 0 Å². The largest absolute Gasteiger partial charge is 0.507 e. The lowest BCUT2D eigenvalue weighted by atomic mass is 10.1. The van der Waals surface area contributed by atoms with Crippen molar-refractivity contribution >= 4 is 22.1 Å². The number of imidazole rings is 1. The number of phenols is 1. The van der Waals surface area contributed by atoms with Crippen molar-refractivity contribution in [2.45, 2.75) is 25.8 Å². The summed E-state index contributed by atoms with van der Waals surface area (Å²) in [5.74, 6) is 1.50. The number of para-hydroxylation sites is 2. The van der Waals surface area contributed by atoms with E-state index in [1.807, 2.05) is 37.3 Å². The Hall–Kier alpha value is -2.86. The summed E-state index contributed by atoms with van der Waals surface area (Å²) in [6, 6.07) is 11.6. The highest BCUT2D eigenvalue weighted by Crippen LogP contribution is 2.36. The number of fused-ring (bicyclic) bond motifs is 2. The second kappa shape index (κ2) is 5.85. The van der Waals surface area contributed by atoms with Gasteiger partial charge in [-0.25, -0.2) is 9.97 Å². The molecule has 4 aromatic rings. The van der Waals surface area contributed by atoms with Crippen LogP contribution in [-0.4, -0.2) is 32.9 Å². The van der Waals surface area contributed by atoms with Crippen molar-refractivity contribution in [3.05, 3.63) is 42.2 Å². The van der Waals surface area contributed by atoms with E-state index in [1.54, 1.807) is 6.07 Å². The zero-order chi connectivity index (χ0) is 17.7. The molecule has 0 bridgehead atoms. The van der Waals surface area contributed by atoms with E-state index in [2.05, 4.69) is 9.55 Å². The minimum absolute atomic E-state index is 0.150. The predicted octanol–water partition coefficient (Wildman–Crippen LogP) is 4.21. The molecule has 1 aliphatic heterocycles. The normalized spacial score (nSPS) is 15.9. The van der Waals surface area contributed by atoms with E-state index in [1.165, 1.54) is 0 Å². The highest BCUT2D eigenvalue weighted by atomic mass is 16.5. The molecule has 0 saturated carbocycles. The second-order valence-corrected chi connectivity index (χ2v) is 6.72. The number of rotatable bonds is 2. The lowest BCUT2D eigenvalue weighted by Gasteiger charge is -2.25. The minimum atomic E-state index is 0.150. The van der Waals surface area contributed by atoms with Crippen LogP contribution in [0.3, 0.4) is 0 Å². The quantitative estimate of drug-likeness (QED) is 0.587. The maximum Gasteiger partial charge on any atom is 0.231 e. The van der Waals surface area contributed by atoms with Crippen LogP contribution in [0.1, 0.15) is 24.7 Å². The molecule has 0 atom stereocenters. The molecule has 0 spiro atoms. The third-order valence-electron chi connectivity index (χ3n) is 5.06. The molecule has 5 rings (SSSR count). The summed E-state index contributed by atoms with van der Waals surface area (Å²) in [6.45, 7) is 3.53. The monoisotopic (exact) mass is 349 g/mol. The number of ether oxygens (including phenoxy) is 1. The molecule has 1 aliphatic rings. The van der Waals surface area contributed by atoms with Gasteiger partial charge in [0.05, 0.1) is 16.6 Å². The Kier molecular flexibility index (Phi) is 3.46. The second-order valence-electron chi connectivity index (χ2n) is 6.72. The molecule has 0 amide bonds. The molecule has 132 valence electrons. The molecule has 1 N–H and O–H groups in total. The minimum Gasteiger partial charge on any atom is -0.507 e. The maximum absolute atomic E-state index is 10.7. The SMILES string of the molecule is Cc1nc2cc(-c3nc4ccccc4o3)c(O)cc2n1C1CCOCC1. The summed E-state index contributed by atoms with van der Waals surface area (Å²) in [5.41, 5.74) is 3.80. The van der Waals surface area contributed by atoms with Crippen molar-refractivity contribution in [2.75, 3.05) is 13.2 Å². The van der Waals surface area contributed by atoms with Gasteiger partial charge >= 0.3 is 0 Å². The molecule has 2 aromatic carbocycles. The first-order valence-corrected chi connectivity index (χ1v) is 8.86. The Morgan fingerprint density at radius 3 is 2.69 bits per heavy atom. The number of oxazole rings is 1. The van der Waals surface area contributed by atoms with E-state index >= 15 is 0 Å². The zero-order valence-electron chi connectivity index (χ0n) is 14.5. The molecule has 3 heterocycles. The molecule has 0 unspecified atom stereocenters. The van der Waals surface area contributed by atoms with Crippen LogP contribution in [0.4, 0.5) is 0 Å². The van der Waals surface area contributed by atoms with Gasteiger partial charge in [-0.3, -0.25) is 0 Å². The molecule has 26 heavy (non-hydrogen) atoms. The number of aromatic nitrogens is 3. The van der Waals surface area contributed by atoms with Gasteiger partial charge in [0.15, 0.2) is 5.58 Å². The Labute approximate surface area is 150 Å². The molecule has 6 nitrogen and oxygen atoms in total. The number of nitrogens with zero attached hydrogens (tertiary/aromatic N) is 3. The molecule has 2 aromatic heterocycles. The van der Waals surface area contributed by atoms with Crippen molar-refractivity contribution in [3.8, 4) is 17.2 Å². The number of hydrogen-bond donors (Lipinski definition) is 1. The van der Waals surface area contributed by atoms with Crippen molar-refractivity contribution in [1.29, 1.82) is 0 Å². The van der Waals surface area contributed by atoms with E-state index in [0.29, 0.717) is 23.1 Å². The van der Waals surface area contributed by atoms with Crippen molar-refractivity contribution < 1.29 is 14.3 Å². The first-order chi connectivity index (χ1) is 12.7. The number of benzene rings is 2. The van der Waals surface area contributed by atoms with Crippen LogP contribution < -0.4 is 0 Å². The smallest absolute Gasteiger partial charge is 0.231 e. The fourth-order valence-corrected chi connectivity index (χ4v) is 3.81. The third-order valence-corrected chi connectivity index (χ3v) is 5.06. The Bertz CT molecular complexity index is 1070. The average Bonchev–Trinajstić information content (AvgIpc) is 3.21.